The van der Waals surface area contributed by atoms with Crippen molar-refractivity contribution in [3.63, 3.8) is 0 Å². The van der Waals surface area contributed by atoms with Crippen LogP contribution in [-0.2, 0) is 9.59 Å². The third-order valence-electron chi connectivity index (χ3n) is 5.02. The minimum atomic E-state index is -1.41. The first-order chi connectivity index (χ1) is 16.5. The van der Waals surface area contributed by atoms with Crippen molar-refractivity contribution in [2.45, 2.75) is 18.9 Å². The summed E-state index contributed by atoms with van der Waals surface area (Å²) in [5, 5.41) is 23.2. The van der Waals surface area contributed by atoms with Crippen molar-refractivity contribution in [1.82, 2.24) is 15.3 Å². The van der Waals surface area contributed by atoms with Gasteiger partial charge >= 0.3 is 11.9 Å². The van der Waals surface area contributed by atoms with Crippen LogP contribution in [0.4, 0.5) is 29.0 Å². The molecule has 0 saturated carbocycles. The Morgan fingerprint density at radius 1 is 1.20 bits per heavy atom. The molecule has 1 aromatic carbocycles. The van der Waals surface area contributed by atoms with E-state index in [4.69, 9.17) is 39.8 Å². The lowest BCUT2D eigenvalue weighted by atomic mass is 10.1. The number of carboxylic acid groups (broad SMARTS) is 2. The van der Waals surface area contributed by atoms with Gasteiger partial charge in [0, 0.05) is 25.9 Å². The Hall–Kier alpha value is -3.97. The molecule has 2 heterocycles. The van der Waals surface area contributed by atoms with Crippen molar-refractivity contribution >= 4 is 70.0 Å². The molecule has 15 heteroatoms. The number of amides is 1. The van der Waals surface area contributed by atoms with Crippen molar-refractivity contribution in [3.8, 4) is 0 Å². The molecule has 1 aliphatic heterocycles. The first-order valence-electron chi connectivity index (χ1n) is 10.1. The summed E-state index contributed by atoms with van der Waals surface area (Å²) in [6, 6.07) is 1.54. The first kappa shape index (κ1) is 25.6. The van der Waals surface area contributed by atoms with Crippen molar-refractivity contribution < 1.29 is 24.6 Å². The Labute approximate surface area is 209 Å². The van der Waals surface area contributed by atoms with E-state index in [0.717, 1.165) is 0 Å². The molecule has 0 unspecified atom stereocenters. The second kappa shape index (κ2) is 10.5. The number of carbonyl (C=O) groups is 3. The molecule has 1 atom stereocenters. The number of carboxylic acids is 2. The number of nitrogen functional groups attached to an aromatic ring is 2. The number of benzene rings is 1. The van der Waals surface area contributed by atoms with Crippen LogP contribution in [0.15, 0.2) is 24.5 Å². The number of hydrogen-bond acceptors (Lipinski definition) is 10. The number of halogens is 2. The van der Waals surface area contributed by atoms with E-state index in [1.54, 1.807) is 35.3 Å². The number of nitrogens with one attached hydrogen (secondary N) is 2. The molecular formula is C20H22Cl2N8O5. The highest BCUT2D eigenvalue weighted by Crippen LogP contribution is 2.37. The van der Waals surface area contributed by atoms with Crippen LogP contribution in [0, 0.1) is 0 Å². The van der Waals surface area contributed by atoms with Gasteiger partial charge in [-0.3, -0.25) is 9.59 Å². The molecule has 0 saturated heterocycles. The number of aliphatic carboxylic acids is 2. The van der Waals surface area contributed by atoms with Gasteiger partial charge in [0.15, 0.2) is 11.6 Å². The predicted molar refractivity (Wildman–Crippen MR) is 132 cm³/mol. The van der Waals surface area contributed by atoms with Crippen LogP contribution >= 0.6 is 23.2 Å². The maximum atomic E-state index is 12.6. The van der Waals surface area contributed by atoms with E-state index in [1.165, 1.54) is 6.07 Å². The van der Waals surface area contributed by atoms with E-state index in [2.05, 4.69) is 20.6 Å². The van der Waals surface area contributed by atoms with Crippen LogP contribution in [0.25, 0.3) is 0 Å². The molecule has 2 aromatic rings. The van der Waals surface area contributed by atoms with Crippen LogP contribution in [-0.4, -0.2) is 57.8 Å². The molecule has 13 nitrogen and oxygen atoms in total. The lowest BCUT2D eigenvalue weighted by molar-refractivity contribution is -0.140. The first-order valence-corrected chi connectivity index (χ1v) is 10.8. The molecular weight excluding hydrogens is 503 g/mol. The van der Waals surface area contributed by atoms with Gasteiger partial charge < -0.3 is 42.1 Å². The minimum Gasteiger partial charge on any atom is -0.481 e. The molecule has 1 aliphatic rings. The van der Waals surface area contributed by atoms with Crippen molar-refractivity contribution in [2.24, 2.45) is 0 Å². The predicted octanol–water partition coefficient (Wildman–Crippen LogP) is 1.79. The Balaban J connectivity index is 1.79. The van der Waals surface area contributed by atoms with E-state index in [0.29, 0.717) is 17.2 Å². The summed E-state index contributed by atoms with van der Waals surface area (Å²) < 4.78 is 0. The topological polar surface area (TPSA) is 200 Å². The molecule has 3 rings (SSSR count). The van der Waals surface area contributed by atoms with Crippen LogP contribution < -0.4 is 31.9 Å². The molecule has 0 aliphatic carbocycles. The summed E-state index contributed by atoms with van der Waals surface area (Å²) in [7, 11) is 1.73. The molecule has 35 heavy (non-hydrogen) atoms. The van der Waals surface area contributed by atoms with Gasteiger partial charge in [0.25, 0.3) is 5.91 Å². The standard InChI is InChI=1S/C20H22Cl2N8O5/c1-29(8-30-7-6-25-17-15(30)16(23)27-20(24)28-17)11-4-2-9(13(21)14(11)22)18(33)26-10(19(34)35)3-5-12(31)32/h2,4,6-7,10H,3,5,8H2,1H3,(H,26,33)(H,31,32)(H,34,35)(H5,23,24,25,27,28)/t10-/m0/s1. The zero-order valence-corrected chi connectivity index (χ0v) is 19.8. The quantitative estimate of drug-likeness (QED) is 0.278. The van der Waals surface area contributed by atoms with Crippen LogP contribution in [0.1, 0.15) is 23.2 Å². The molecule has 1 amide bonds. The number of hydrogen-bond donors (Lipinski definition) is 6. The zero-order valence-electron chi connectivity index (χ0n) is 18.3. The van der Waals surface area contributed by atoms with Gasteiger partial charge in [-0.1, -0.05) is 23.2 Å². The molecule has 0 radical (unpaired) electrons. The molecule has 0 fully saturated rings. The summed E-state index contributed by atoms with van der Waals surface area (Å²) in [5.74, 6) is -2.73. The van der Waals surface area contributed by atoms with E-state index < -0.39 is 30.3 Å². The number of rotatable bonds is 9. The highest BCUT2D eigenvalue weighted by Gasteiger charge is 2.26. The highest BCUT2D eigenvalue weighted by atomic mass is 35.5. The van der Waals surface area contributed by atoms with Crippen LogP contribution in [0.2, 0.25) is 10.0 Å². The molecule has 186 valence electrons. The fraction of sp³-hybridized carbons (Fsp3) is 0.250. The summed E-state index contributed by atoms with van der Waals surface area (Å²) >= 11 is 12.8. The maximum absolute atomic E-state index is 12.6. The second-order valence-electron chi connectivity index (χ2n) is 7.49. The van der Waals surface area contributed by atoms with Gasteiger partial charge in [-0.15, -0.1) is 0 Å². The molecule has 8 N–H and O–H groups in total. The molecule has 1 aromatic heterocycles. The Morgan fingerprint density at radius 3 is 2.57 bits per heavy atom. The van der Waals surface area contributed by atoms with Gasteiger partial charge in [0.2, 0.25) is 5.95 Å². The third-order valence-corrected chi connectivity index (χ3v) is 5.89. The Bertz CT molecular complexity index is 1210. The summed E-state index contributed by atoms with van der Waals surface area (Å²) in [6.45, 7) is 0.237. The smallest absolute Gasteiger partial charge is 0.326 e. The summed E-state index contributed by atoms with van der Waals surface area (Å²) in [4.78, 5) is 46.4. The normalized spacial score (nSPS) is 12.9. The summed E-state index contributed by atoms with van der Waals surface area (Å²) in [6.07, 6.45) is 2.64. The minimum absolute atomic E-state index is 0.0224. The number of carbonyl (C=O) groups excluding carboxylic acids is 1. The van der Waals surface area contributed by atoms with E-state index in [9.17, 15) is 19.5 Å². The molecule has 0 spiro atoms. The zero-order chi connectivity index (χ0) is 25.9. The number of aromatic nitrogens is 2. The van der Waals surface area contributed by atoms with Crippen LogP contribution in [0.5, 0.6) is 0 Å². The third kappa shape index (κ3) is 5.75. The van der Waals surface area contributed by atoms with Crippen molar-refractivity contribution in [2.75, 3.05) is 40.3 Å². The Morgan fingerprint density at radius 2 is 1.91 bits per heavy atom. The fourth-order valence-electron chi connectivity index (χ4n) is 3.35. The monoisotopic (exact) mass is 524 g/mol. The SMILES string of the molecule is CN(CN1C=CNc2nc(N)nc(N)c21)c1ccc(C(=O)N[C@@H](CCC(=O)O)C(=O)O)c(Cl)c1Cl. The Kier molecular flexibility index (Phi) is 7.71. The number of nitrogens with zero attached hydrogens (tertiary/aromatic N) is 4. The van der Waals surface area contributed by atoms with E-state index in [1.807, 2.05) is 0 Å². The fourth-order valence-corrected chi connectivity index (χ4v) is 3.90. The average Bonchev–Trinajstić information content (AvgIpc) is 2.77. The lowest BCUT2D eigenvalue weighted by Gasteiger charge is -2.32. The van der Waals surface area contributed by atoms with Gasteiger partial charge in [-0.2, -0.15) is 9.97 Å². The van der Waals surface area contributed by atoms with E-state index >= 15 is 0 Å². The van der Waals surface area contributed by atoms with Gasteiger partial charge in [0.1, 0.15) is 11.7 Å². The maximum Gasteiger partial charge on any atom is 0.326 e. The second-order valence-corrected chi connectivity index (χ2v) is 8.25. The number of nitrogens with two attached hydrogens (primary N) is 2. The highest BCUT2D eigenvalue weighted by molar-refractivity contribution is 6.45. The largest absolute Gasteiger partial charge is 0.481 e. The van der Waals surface area contributed by atoms with Crippen molar-refractivity contribution in [1.29, 1.82) is 0 Å². The molecule has 0 bridgehead atoms. The van der Waals surface area contributed by atoms with Crippen LogP contribution in [0.3, 0.4) is 0 Å². The average molecular weight is 525 g/mol. The van der Waals surface area contributed by atoms with Gasteiger partial charge in [-0.05, 0) is 18.6 Å². The van der Waals surface area contributed by atoms with Gasteiger partial charge in [0.05, 0.1) is 28.0 Å². The van der Waals surface area contributed by atoms with Crippen molar-refractivity contribution in [3.05, 3.63) is 40.1 Å². The van der Waals surface area contributed by atoms with E-state index in [-0.39, 0.29) is 40.5 Å². The lowest BCUT2D eigenvalue weighted by Crippen LogP contribution is -2.41. The van der Waals surface area contributed by atoms with Gasteiger partial charge in [-0.25, -0.2) is 4.79 Å². The summed E-state index contributed by atoms with van der Waals surface area (Å²) in [5.41, 5.74) is 12.6. The number of anilines is 5. The number of fused-ring (bicyclic) bond motifs is 1.